The Morgan fingerprint density at radius 1 is 1.24 bits per heavy atom. The van der Waals surface area contributed by atoms with E-state index < -0.39 is 0 Å². The Hall–Kier alpha value is -1.27. The van der Waals surface area contributed by atoms with Crippen molar-refractivity contribution in [3.05, 3.63) is 62.2 Å². The fourth-order valence-corrected chi connectivity index (χ4v) is 2.44. The third kappa shape index (κ3) is 4.11. The Kier molecular flexibility index (Phi) is 5.47. The largest absolute Gasteiger partial charge is 0.497 e. The molecule has 0 heterocycles. The molecule has 2 aromatic rings. The summed E-state index contributed by atoms with van der Waals surface area (Å²) < 4.78 is 6.05. The first kappa shape index (κ1) is 16.1. The summed E-state index contributed by atoms with van der Waals surface area (Å²) in [5, 5.41) is 0.597. The number of hydrogen-bond acceptors (Lipinski definition) is 2. The highest BCUT2D eigenvalue weighted by molar-refractivity contribution is 14.1. The predicted octanol–water partition coefficient (Wildman–Crippen LogP) is 4.23. The Morgan fingerprint density at radius 2 is 1.90 bits per heavy atom. The Morgan fingerprint density at radius 3 is 2.48 bits per heavy atom. The van der Waals surface area contributed by atoms with E-state index in [9.17, 15) is 4.79 Å². The molecule has 0 unspecified atom stereocenters. The standard InChI is InChI=1S/C16H15ClINO2/c1-19(10-11-3-6-13(21-2)7-4-11)16(20)12-5-8-15(18)14(17)9-12/h3-9H,10H2,1-2H3. The first-order valence-corrected chi connectivity index (χ1v) is 7.80. The summed E-state index contributed by atoms with van der Waals surface area (Å²) in [5.74, 6) is 0.751. The molecular formula is C16H15ClINO2. The number of nitrogens with zero attached hydrogens (tertiary/aromatic N) is 1. The predicted molar refractivity (Wildman–Crippen MR) is 93.0 cm³/mol. The molecule has 0 saturated carbocycles. The van der Waals surface area contributed by atoms with Crippen molar-refractivity contribution in [1.82, 2.24) is 4.90 Å². The van der Waals surface area contributed by atoms with Gasteiger partial charge in [-0.05, 0) is 58.5 Å². The first-order chi connectivity index (χ1) is 10.0. The number of ether oxygens (including phenoxy) is 1. The van der Waals surface area contributed by atoms with Crippen molar-refractivity contribution >= 4 is 40.1 Å². The molecule has 0 aliphatic rings. The molecule has 0 N–H and O–H groups in total. The number of carbonyl (C=O) groups is 1. The molecule has 5 heteroatoms. The van der Waals surface area contributed by atoms with Gasteiger partial charge in [0.2, 0.25) is 0 Å². The van der Waals surface area contributed by atoms with E-state index in [0.717, 1.165) is 14.9 Å². The quantitative estimate of drug-likeness (QED) is 0.700. The van der Waals surface area contributed by atoms with Crippen LogP contribution in [0, 0.1) is 3.57 Å². The number of carbonyl (C=O) groups excluding carboxylic acids is 1. The Balaban J connectivity index is 2.09. The summed E-state index contributed by atoms with van der Waals surface area (Å²) in [6.45, 7) is 0.534. The van der Waals surface area contributed by atoms with Crippen LogP contribution in [0.3, 0.4) is 0 Å². The second-order valence-corrected chi connectivity index (χ2v) is 6.21. The zero-order valence-electron chi connectivity index (χ0n) is 11.8. The normalized spacial score (nSPS) is 10.3. The van der Waals surface area contributed by atoms with Gasteiger partial charge >= 0.3 is 0 Å². The van der Waals surface area contributed by atoms with Crippen LogP contribution in [-0.2, 0) is 6.54 Å². The van der Waals surface area contributed by atoms with Crippen molar-refractivity contribution in [2.24, 2.45) is 0 Å². The summed E-state index contributed by atoms with van der Waals surface area (Å²) in [5.41, 5.74) is 1.64. The van der Waals surface area contributed by atoms with E-state index in [1.54, 1.807) is 31.2 Å². The number of methoxy groups -OCH3 is 1. The second-order valence-electron chi connectivity index (χ2n) is 4.64. The third-order valence-corrected chi connectivity index (χ3v) is 4.66. The van der Waals surface area contributed by atoms with E-state index in [1.165, 1.54) is 0 Å². The number of halogens is 2. The number of hydrogen-bond donors (Lipinski definition) is 0. The maximum atomic E-state index is 12.4. The fourth-order valence-electron chi connectivity index (χ4n) is 1.93. The van der Waals surface area contributed by atoms with Gasteiger partial charge in [-0.25, -0.2) is 0 Å². The molecule has 3 nitrogen and oxygen atoms in total. The molecule has 0 saturated heterocycles. The highest BCUT2D eigenvalue weighted by Gasteiger charge is 2.13. The first-order valence-electron chi connectivity index (χ1n) is 6.34. The Bertz CT molecular complexity index is 643. The van der Waals surface area contributed by atoms with Gasteiger partial charge in [0.05, 0.1) is 12.1 Å². The third-order valence-electron chi connectivity index (χ3n) is 3.09. The monoisotopic (exact) mass is 415 g/mol. The molecule has 0 atom stereocenters. The number of rotatable bonds is 4. The van der Waals surface area contributed by atoms with Gasteiger partial charge < -0.3 is 9.64 Å². The van der Waals surface area contributed by atoms with Crippen LogP contribution in [0.15, 0.2) is 42.5 Å². The summed E-state index contributed by atoms with van der Waals surface area (Å²) in [4.78, 5) is 14.0. The lowest BCUT2D eigenvalue weighted by atomic mass is 10.1. The van der Waals surface area contributed by atoms with Crippen LogP contribution in [0.5, 0.6) is 5.75 Å². The molecule has 110 valence electrons. The van der Waals surface area contributed by atoms with Crippen LogP contribution in [0.25, 0.3) is 0 Å². The van der Waals surface area contributed by atoms with E-state index in [1.807, 2.05) is 30.3 Å². The van der Waals surface area contributed by atoms with E-state index >= 15 is 0 Å². The molecule has 2 aromatic carbocycles. The summed E-state index contributed by atoms with van der Waals surface area (Å²) in [6, 6.07) is 13.0. The topological polar surface area (TPSA) is 29.5 Å². The smallest absolute Gasteiger partial charge is 0.253 e. The lowest BCUT2D eigenvalue weighted by molar-refractivity contribution is 0.0785. The molecule has 0 aliphatic carbocycles. The van der Waals surface area contributed by atoms with Crippen molar-refractivity contribution in [1.29, 1.82) is 0 Å². The van der Waals surface area contributed by atoms with Gasteiger partial charge in [-0.15, -0.1) is 0 Å². The van der Waals surface area contributed by atoms with Crippen molar-refractivity contribution in [3.63, 3.8) is 0 Å². The highest BCUT2D eigenvalue weighted by atomic mass is 127. The van der Waals surface area contributed by atoms with E-state index in [4.69, 9.17) is 16.3 Å². The van der Waals surface area contributed by atoms with E-state index in [-0.39, 0.29) is 5.91 Å². The van der Waals surface area contributed by atoms with Gasteiger partial charge in [0, 0.05) is 22.7 Å². The van der Waals surface area contributed by atoms with Crippen molar-refractivity contribution in [2.45, 2.75) is 6.54 Å². The van der Waals surface area contributed by atoms with Gasteiger partial charge in [-0.2, -0.15) is 0 Å². The van der Waals surface area contributed by atoms with Crippen LogP contribution in [0.1, 0.15) is 15.9 Å². The number of benzene rings is 2. The van der Waals surface area contributed by atoms with E-state index in [0.29, 0.717) is 17.1 Å². The van der Waals surface area contributed by atoms with Crippen LogP contribution < -0.4 is 4.74 Å². The number of amides is 1. The molecule has 0 fully saturated rings. The second kappa shape index (κ2) is 7.13. The highest BCUT2D eigenvalue weighted by Crippen LogP contribution is 2.21. The van der Waals surface area contributed by atoms with Crippen LogP contribution in [0.2, 0.25) is 5.02 Å². The molecule has 0 bridgehead atoms. The van der Waals surface area contributed by atoms with Crippen LogP contribution >= 0.6 is 34.2 Å². The van der Waals surface area contributed by atoms with Gasteiger partial charge in [0.25, 0.3) is 5.91 Å². The maximum Gasteiger partial charge on any atom is 0.253 e. The van der Waals surface area contributed by atoms with Gasteiger partial charge in [0.1, 0.15) is 5.75 Å². The molecule has 21 heavy (non-hydrogen) atoms. The van der Waals surface area contributed by atoms with Gasteiger partial charge in [0.15, 0.2) is 0 Å². The molecule has 2 rings (SSSR count). The molecule has 0 radical (unpaired) electrons. The minimum atomic E-state index is -0.0517. The minimum Gasteiger partial charge on any atom is -0.497 e. The van der Waals surface area contributed by atoms with Crippen molar-refractivity contribution < 1.29 is 9.53 Å². The van der Waals surface area contributed by atoms with Gasteiger partial charge in [-0.3, -0.25) is 4.79 Å². The Labute approximate surface area is 143 Å². The zero-order valence-corrected chi connectivity index (χ0v) is 14.7. The molecule has 0 spiro atoms. The lowest BCUT2D eigenvalue weighted by Crippen LogP contribution is -2.26. The van der Waals surface area contributed by atoms with Crippen LogP contribution in [-0.4, -0.2) is 25.0 Å². The lowest BCUT2D eigenvalue weighted by Gasteiger charge is -2.18. The fraction of sp³-hybridized carbons (Fsp3) is 0.188. The van der Waals surface area contributed by atoms with Crippen LogP contribution in [0.4, 0.5) is 0 Å². The molecular weight excluding hydrogens is 401 g/mol. The SMILES string of the molecule is COc1ccc(CN(C)C(=O)c2ccc(I)c(Cl)c2)cc1. The van der Waals surface area contributed by atoms with Gasteiger partial charge in [-0.1, -0.05) is 23.7 Å². The average Bonchev–Trinajstić information content (AvgIpc) is 2.50. The summed E-state index contributed by atoms with van der Waals surface area (Å²) in [6.07, 6.45) is 0. The zero-order chi connectivity index (χ0) is 15.4. The van der Waals surface area contributed by atoms with E-state index in [2.05, 4.69) is 22.6 Å². The maximum absolute atomic E-state index is 12.4. The molecule has 0 aromatic heterocycles. The average molecular weight is 416 g/mol. The summed E-state index contributed by atoms with van der Waals surface area (Å²) >= 11 is 8.20. The minimum absolute atomic E-state index is 0.0517. The summed E-state index contributed by atoms with van der Waals surface area (Å²) in [7, 11) is 3.41. The molecule has 0 aliphatic heterocycles. The van der Waals surface area contributed by atoms with Crippen molar-refractivity contribution in [3.8, 4) is 5.75 Å². The van der Waals surface area contributed by atoms with Crippen molar-refractivity contribution in [2.75, 3.05) is 14.2 Å². The molecule has 1 amide bonds.